The summed E-state index contributed by atoms with van der Waals surface area (Å²) in [6, 6.07) is 3.52. The topological polar surface area (TPSA) is 53.6 Å². The van der Waals surface area contributed by atoms with Gasteiger partial charge in [-0.2, -0.15) is 0 Å². The van der Waals surface area contributed by atoms with Crippen molar-refractivity contribution >= 4 is 23.2 Å². The number of nitrogens with one attached hydrogen (secondary N) is 2. The van der Waals surface area contributed by atoms with Crippen LogP contribution in [-0.4, -0.2) is 51.6 Å². The summed E-state index contributed by atoms with van der Waals surface area (Å²) in [6.45, 7) is 3.97. The maximum atomic E-state index is 11.9. The lowest BCUT2D eigenvalue weighted by molar-refractivity contribution is -0.115. The second-order valence-corrected chi connectivity index (χ2v) is 5.59. The molecule has 0 spiro atoms. The fourth-order valence-electron chi connectivity index (χ4n) is 1.85. The quantitative estimate of drug-likeness (QED) is 0.722. The molecule has 6 heteroatoms. The largest absolute Gasteiger partial charge is 0.495 e. The Balaban J connectivity index is 2.46. The third-order valence-electron chi connectivity index (χ3n) is 3.00. The highest BCUT2D eigenvalue weighted by atomic mass is 35.5. The van der Waals surface area contributed by atoms with Crippen LogP contribution >= 0.6 is 11.6 Å². The standard InChI is InChI=1S/C15H24ClN3O2/c1-11-8-13(14(21-4)9-12(11)16)18-15(20)10-17-6-5-7-19(2)3/h8-9,17H,5-7,10H2,1-4H3,(H,18,20). The molecule has 21 heavy (non-hydrogen) atoms. The summed E-state index contributed by atoms with van der Waals surface area (Å²) >= 11 is 6.04. The Labute approximate surface area is 131 Å². The molecule has 0 radical (unpaired) electrons. The molecule has 0 heterocycles. The Morgan fingerprint density at radius 2 is 2.10 bits per heavy atom. The van der Waals surface area contributed by atoms with Crippen LogP contribution in [0.25, 0.3) is 0 Å². The lowest BCUT2D eigenvalue weighted by Crippen LogP contribution is -2.30. The first kappa shape index (κ1) is 17.8. The van der Waals surface area contributed by atoms with Crippen molar-refractivity contribution in [3.8, 4) is 5.75 Å². The zero-order valence-corrected chi connectivity index (χ0v) is 13.9. The van der Waals surface area contributed by atoms with Crippen LogP contribution in [0.5, 0.6) is 5.75 Å². The van der Waals surface area contributed by atoms with Gasteiger partial charge in [0.25, 0.3) is 0 Å². The Bertz CT molecular complexity index is 478. The van der Waals surface area contributed by atoms with Crippen molar-refractivity contribution in [2.75, 3.05) is 46.2 Å². The van der Waals surface area contributed by atoms with Gasteiger partial charge in [0.05, 0.1) is 19.3 Å². The lowest BCUT2D eigenvalue weighted by Gasteiger charge is -2.13. The average Bonchev–Trinajstić information content (AvgIpc) is 2.41. The third-order valence-corrected chi connectivity index (χ3v) is 3.41. The average molecular weight is 314 g/mol. The number of amides is 1. The minimum Gasteiger partial charge on any atom is -0.495 e. The fourth-order valence-corrected chi connectivity index (χ4v) is 2.00. The number of aryl methyl sites for hydroxylation is 1. The molecule has 0 fully saturated rings. The van der Waals surface area contributed by atoms with E-state index in [1.165, 1.54) is 0 Å². The maximum absolute atomic E-state index is 11.9. The van der Waals surface area contributed by atoms with Crippen molar-refractivity contribution in [3.05, 3.63) is 22.7 Å². The van der Waals surface area contributed by atoms with Crippen LogP contribution in [0.1, 0.15) is 12.0 Å². The number of anilines is 1. The highest BCUT2D eigenvalue weighted by Gasteiger charge is 2.10. The fraction of sp³-hybridized carbons (Fsp3) is 0.533. The summed E-state index contributed by atoms with van der Waals surface area (Å²) in [7, 11) is 5.61. The first-order valence-corrected chi connectivity index (χ1v) is 7.31. The molecule has 0 aliphatic rings. The van der Waals surface area contributed by atoms with E-state index in [1.54, 1.807) is 13.2 Å². The van der Waals surface area contributed by atoms with Crippen LogP contribution in [0.3, 0.4) is 0 Å². The van der Waals surface area contributed by atoms with E-state index in [1.807, 2.05) is 27.1 Å². The first-order chi connectivity index (χ1) is 9.93. The van der Waals surface area contributed by atoms with E-state index < -0.39 is 0 Å². The third kappa shape index (κ3) is 6.33. The maximum Gasteiger partial charge on any atom is 0.238 e. The van der Waals surface area contributed by atoms with Gasteiger partial charge in [0.1, 0.15) is 5.75 Å². The summed E-state index contributed by atoms with van der Waals surface area (Å²) in [5.41, 5.74) is 1.53. The summed E-state index contributed by atoms with van der Waals surface area (Å²) in [4.78, 5) is 14.0. The van der Waals surface area contributed by atoms with Crippen molar-refractivity contribution in [1.82, 2.24) is 10.2 Å². The molecule has 1 aromatic rings. The van der Waals surface area contributed by atoms with Gasteiger partial charge in [-0.25, -0.2) is 0 Å². The number of halogens is 1. The monoisotopic (exact) mass is 313 g/mol. The van der Waals surface area contributed by atoms with Crippen LogP contribution in [-0.2, 0) is 4.79 Å². The van der Waals surface area contributed by atoms with Crippen molar-refractivity contribution < 1.29 is 9.53 Å². The van der Waals surface area contributed by atoms with Gasteiger partial charge in [0.2, 0.25) is 5.91 Å². The Hall–Kier alpha value is -1.30. The van der Waals surface area contributed by atoms with Crippen molar-refractivity contribution in [3.63, 3.8) is 0 Å². The van der Waals surface area contributed by atoms with Crippen molar-refractivity contribution in [2.24, 2.45) is 0 Å². The number of carbonyl (C=O) groups is 1. The van der Waals surface area contributed by atoms with E-state index in [0.717, 1.165) is 25.1 Å². The summed E-state index contributed by atoms with van der Waals surface area (Å²) in [5.74, 6) is 0.464. The molecule has 5 nitrogen and oxygen atoms in total. The molecule has 1 rings (SSSR count). The second-order valence-electron chi connectivity index (χ2n) is 5.18. The van der Waals surface area contributed by atoms with Crippen LogP contribution < -0.4 is 15.4 Å². The first-order valence-electron chi connectivity index (χ1n) is 6.93. The molecule has 0 aromatic heterocycles. The SMILES string of the molecule is COc1cc(Cl)c(C)cc1NC(=O)CNCCCN(C)C. The smallest absolute Gasteiger partial charge is 0.238 e. The van der Waals surface area contributed by atoms with Gasteiger partial charge in [-0.15, -0.1) is 0 Å². The van der Waals surface area contributed by atoms with Crippen LogP contribution in [0.4, 0.5) is 5.69 Å². The van der Waals surface area contributed by atoms with Gasteiger partial charge in [0.15, 0.2) is 0 Å². The van der Waals surface area contributed by atoms with Crippen LogP contribution in [0, 0.1) is 6.92 Å². The highest BCUT2D eigenvalue weighted by molar-refractivity contribution is 6.31. The normalized spacial score (nSPS) is 10.8. The van der Waals surface area contributed by atoms with Gasteiger partial charge in [0, 0.05) is 11.1 Å². The van der Waals surface area contributed by atoms with E-state index in [2.05, 4.69) is 15.5 Å². The second kappa shape index (κ2) is 8.87. The predicted molar refractivity (Wildman–Crippen MR) is 87.4 cm³/mol. The molecule has 0 aliphatic heterocycles. The Morgan fingerprint density at radius 3 is 2.71 bits per heavy atom. The van der Waals surface area contributed by atoms with Gasteiger partial charge in [-0.05, 0) is 52.2 Å². The van der Waals surface area contributed by atoms with Crippen molar-refractivity contribution in [1.29, 1.82) is 0 Å². The zero-order chi connectivity index (χ0) is 15.8. The minimum atomic E-state index is -0.0973. The number of hydrogen-bond donors (Lipinski definition) is 2. The highest BCUT2D eigenvalue weighted by Crippen LogP contribution is 2.30. The van der Waals surface area contributed by atoms with Crippen LogP contribution in [0.2, 0.25) is 5.02 Å². The summed E-state index contributed by atoms with van der Waals surface area (Å²) < 4.78 is 5.23. The molecule has 0 atom stereocenters. The van der Waals surface area contributed by atoms with E-state index in [-0.39, 0.29) is 12.5 Å². The molecule has 0 bridgehead atoms. The number of carbonyl (C=O) groups excluding carboxylic acids is 1. The van der Waals surface area contributed by atoms with Crippen LogP contribution in [0.15, 0.2) is 12.1 Å². The molecule has 0 aliphatic carbocycles. The summed E-state index contributed by atoms with van der Waals surface area (Å²) in [5, 5.41) is 6.57. The number of ether oxygens (including phenoxy) is 1. The van der Waals surface area contributed by atoms with Gasteiger partial charge in [-0.1, -0.05) is 11.6 Å². The Morgan fingerprint density at radius 1 is 1.38 bits per heavy atom. The Kier molecular flexibility index (Phi) is 7.50. The van der Waals surface area contributed by atoms with Gasteiger partial charge in [-0.3, -0.25) is 4.79 Å². The molecule has 0 saturated carbocycles. The number of benzene rings is 1. The molecule has 1 amide bonds. The van der Waals surface area contributed by atoms with E-state index in [0.29, 0.717) is 16.5 Å². The molecule has 1 aromatic carbocycles. The summed E-state index contributed by atoms with van der Waals surface area (Å²) in [6.07, 6.45) is 1.00. The zero-order valence-electron chi connectivity index (χ0n) is 13.1. The predicted octanol–water partition coefficient (Wildman–Crippen LogP) is 2.14. The van der Waals surface area contributed by atoms with Crippen molar-refractivity contribution in [2.45, 2.75) is 13.3 Å². The molecule has 118 valence electrons. The minimum absolute atomic E-state index is 0.0973. The molecule has 0 unspecified atom stereocenters. The van der Waals surface area contributed by atoms with E-state index >= 15 is 0 Å². The molecule has 2 N–H and O–H groups in total. The molecule has 0 saturated heterocycles. The number of hydrogen-bond acceptors (Lipinski definition) is 4. The van der Waals surface area contributed by atoms with Gasteiger partial charge >= 0.3 is 0 Å². The number of methoxy groups -OCH3 is 1. The van der Waals surface area contributed by atoms with Gasteiger partial charge < -0.3 is 20.3 Å². The molecular formula is C15H24ClN3O2. The van der Waals surface area contributed by atoms with E-state index in [9.17, 15) is 4.79 Å². The number of nitrogens with zero attached hydrogens (tertiary/aromatic N) is 1. The van der Waals surface area contributed by atoms with E-state index in [4.69, 9.17) is 16.3 Å². The number of rotatable bonds is 8. The lowest BCUT2D eigenvalue weighted by atomic mass is 10.2. The molecular weight excluding hydrogens is 290 g/mol.